The van der Waals surface area contributed by atoms with Crippen molar-refractivity contribution in [2.45, 2.75) is 13.8 Å². The molecule has 1 amide bonds. The van der Waals surface area contributed by atoms with Crippen LogP contribution >= 0.6 is 0 Å². The summed E-state index contributed by atoms with van der Waals surface area (Å²) in [6, 6.07) is 12.2. The van der Waals surface area contributed by atoms with E-state index in [1.54, 1.807) is 42.5 Å². The fourth-order valence-corrected chi connectivity index (χ4v) is 3.34. The van der Waals surface area contributed by atoms with Crippen LogP contribution in [0.5, 0.6) is 0 Å². The predicted octanol–water partition coefficient (Wildman–Crippen LogP) is 4.63. The highest BCUT2D eigenvalue weighted by Gasteiger charge is 2.15. The van der Waals surface area contributed by atoms with Crippen LogP contribution in [-0.4, -0.2) is 38.9 Å². The molecule has 4 aromatic rings. The van der Waals surface area contributed by atoms with E-state index in [9.17, 15) is 9.18 Å². The molecule has 0 atom stereocenters. The Morgan fingerprint density at radius 1 is 1.14 bits per heavy atom. The van der Waals surface area contributed by atoms with E-state index in [1.807, 2.05) is 42.8 Å². The third kappa shape index (κ3) is 3.38. The molecular weight excluding hydrogens is 367 g/mol. The van der Waals surface area contributed by atoms with Gasteiger partial charge in [0, 0.05) is 54.3 Å². The van der Waals surface area contributed by atoms with Gasteiger partial charge in [-0.25, -0.2) is 14.4 Å². The maximum atomic E-state index is 14.0. The van der Waals surface area contributed by atoms with Gasteiger partial charge in [-0.1, -0.05) is 24.3 Å². The molecule has 0 unspecified atom stereocenters. The lowest BCUT2D eigenvalue weighted by atomic mass is 10.1. The molecule has 146 valence electrons. The van der Waals surface area contributed by atoms with Gasteiger partial charge in [-0.15, -0.1) is 0 Å². The molecule has 0 fully saturated rings. The lowest BCUT2D eigenvalue weighted by Gasteiger charge is -2.14. The number of fused-ring (bicyclic) bond motifs is 1. The van der Waals surface area contributed by atoms with Gasteiger partial charge in [-0.3, -0.25) is 9.36 Å². The highest BCUT2D eigenvalue weighted by Crippen LogP contribution is 2.26. The van der Waals surface area contributed by atoms with Crippen LogP contribution in [0.2, 0.25) is 0 Å². The third-order valence-corrected chi connectivity index (χ3v) is 5.11. The van der Waals surface area contributed by atoms with Crippen molar-refractivity contribution < 1.29 is 9.18 Å². The minimum atomic E-state index is -0.311. The molecule has 0 saturated carbocycles. The molecule has 4 rings (SSSR count). The number of benzene rings is 2. The number of rotatable bonds is 4. The van der Waals surface area contributed by atoms with Crippen LogP contribution in [-0.2, 0) is 0 Å². The monoisotopic (exact) mass is 388 g/mol. The zero-order valence-electron chi connectivity index (χ0n) is 16.6. The van der Waals surface area contributed by atoms with Gasteiger partial charge in [0.05, 0.1) is 5.52 Å². The summed E-state index contributed by atoms with van der Waals surface area (Å²) in [6.45, 7) is 4.58. The van der Waals surface area contributed by atoms with Crippen molar-refractivity contribution >= 4 is 16.8 Å². The summed E-state index contributed by atoms with van der Waals surface area (Å²) in [4.78, 5) is 23.1. The van der Waals surface area contributed by atoms with E-state index in [1.165, 1.54) is 6.07 Å². The number of hydrogen-bond donors (Lipinski definition) is 0. The van der Waals surface area contributed by atoms with Crippen molar-refractivity contribution in [1.29, 1.82) is 0 Å². The Labute approximate surface area is 168 Å². The van der Waals surface area contributed by atoms with E-state index < -0.39 is 0 Å². The van der Waals surface area contributed by atoms with Gasteiger partial charge in [-0.2, -0.15) is 0 Å². The number of carbonyl (C=O) groups is 1. The number of carbonyl (C=O) groups excluding carboxylic acids is 1. The normalized spacial score (nSPS) is 11.0. The topological polar surface area (TPSA) is 51.0 Å². The number of hydrogen-bond acceptors (Lipinski definition) is 3. The highest BCUT2D eigenvalue weighted by atomic mass is 19.1. The van der Waals surface area contributed by atoms with E-state index in [-0.39, 0.29) is 11.7 Å². The first-order chi connectivity index (χ1) is 14.0. The largest absolute Gasteiger partial charge is 0.342 e. The minimum absolute atomic E-state index is 0.0318. The SMILES string of the molecule is CCN(C)C(=O)c1ccc2c(C)cn(-c3ncc(-c4ccccc4F)cn3)c2c1. The molecule has 2 aromatic heterocycles. The lowest BCUT2D eigenvalue weighted by molar-refractivity contribution is 0.0802. The smallest absolute Gasteiger partial charge is 0.253 e. The molecule has 0 saturated heterocycles. The summed E-state index contributed by atoms with van der Waals surface area (Å²) in [5.74, 6) is 0.126. The molecule has 0 bridgehead atoms. The van der Waals surface area contributed by atoms with Crippen molar-refractivity contribution in [2.75, 3.05) is 13.6 Å². The van der Waals surface area contributed by atoms with Gasteiger partial charge >= 0.3 is 0 Å². The molecule has 0 radical (unpaired) electrons. The van der Waals surface area contributed by atoms with Crippen LogP contribution in [0.15, 0.2) is 61.1 Å². The molecule has 6 heteroatoms. The molecule has 0 N–H and O–H groups in total. The van der Waals surface area contributed by atoms with Crippen LogP contribution in [0, 0.1) is 12.7 Å². The zero-order chi connectivity index (χ0) is 20.5. The van der Waals surface area contributed by atoms with Crippen LogP contribution in [0.1, 0.15) is 22.8 Å². The van der Waals surface area contributed by atoms with Crippen molar-refractivity contribution in [2.24, 2.45) is 0 Å². The molecule has 0 aliphatic rings. The quantitative estimate of drug-likeness (QED) is 0.512. The number of nitrogens with zero attached hydrogens (tertiary/aromatic N) is 4. The number of amides is 1. The van der Waals surface area contributed by atoms with Crippen LogP contribution in [0.4, 0.5) is 4.39 Å². The fraction of sp³-hybridized carbons (Fsp3) is 0.174. The second-order valence-corrected chi connectivity index (χ2v) is 6.98. The Kier molecular flexibility index (Phi) is 4.84. The summed E-state index contributed by atoms with van der Waals surface area (Å²) in [5, 5.41) is 1.03. The molecule has 2 aromatic carbocycles. The number of aromatic nitrogens is 3. The molecule has 0 aliphatic carbocycles. The van der Waals surface area contributed by atoms with Gasteiger partial charge in [0.25, 0.3) is 5.91 Å². The Hall–Kier alpha value is -3.54. The molecule has 0 spiro atoms. The summed E-state index contributed by atoms with van der Waals surface area (Å²) in [5.41, 5.74) is 3.61. The van der Waals surface area contributed by atoms with Crippen LogP contribution in [0.3, 0.4) is 0 Å². The standard InChI is InChI=1S/C23H21FN4O/c1-4-27(3)22(29)16-9-10-18-15(2)14-28(21(18)11-16)23-25-12-17(13-26-23)19-7-5-6-8-20(19)24/h5-14H,4H2,1-3H3. The van der Waals surface area contributed by atoms with Crippen molar-refractivity contribution in [3.63, 3.8) is 0 Å². The van der Waals surface area contributed by atoms with Crippen molar-refractivity contribution in [3.05, 3.63) is 78.0 Å². The van der Waals surface area contributed by atoms with E-state index in [0.717, 1.165) is 16.5 Å². The molecule has 2 heterocycles. The van der Waals surface area contributed by atoms with Gasteiger partial charge in [0.1, 0.15) is 5.82 Å². The summed E-state index contributed by atoms with van der Waals surface area (Å²) in [7, 11) is 1.78. The van der Waals surface area contributed by atoms with Gasteiger partial charge < -0.3 is 4.90 Å². The van der Waals surface area contributed by atoms with Crippen LogP contribution < -0.4 is 0 Å². The number of aryl methyl sites for hydroxylation is 1. The first-order valence-electron chi connectivity index (χ1n) is 9.44. The van der Waals surface area contributed by atoms with E-state index >= 15 is 0 Å². The Morgan fingerprint density at radius 3 is 2.55 bits per heavy atom. The second kappa shape index (κ2) is 7.47. The Bertz CT molecular complexity index is 1200. The molecule has 29 heavy (non-hydrogen) atoms. The number of halogens is 1. The summed E-state index contributed by atoms with van der Waals surface area (Å²) < 4.78 is 15.9. The van der Waals surface area contributed by atoms with Crippen molar-refractivity contribution in [1.82, 2.24) is 19.4 Å². The minimum Gasteiger partial charge on any atom is -0.342 e. The Morgan fingerprint density at radius 2 is 1.86 bits per heavy atom. The van der Waals surface area contributed by atoms with E-state index in [0.29, 0.717) is 29.2 Å². The Balaban J connectivity index is 1.77. The first kappa shape index (κ1) is 18.8. The summed E-state index contributed by atoms with van der Waals surface area (Å²) >= 11 is 0. The molecular formula is C23H21FN4O. The molecule has 0 aliphatic heterocycles. The fourth-order valence-electron chi connectivity index (χ4n) is 3.34. The average Bonchev–Trinajstić information content (AvgIpc) is 3.09. The highest BCUT2D eigenvalue weighted by molar-refractivity contribution is 5.98. The first-order valence-corrected chi connectivity index (χ1v) is 9.44. The molecule has 5 nitrogen and oxygen atoms in total. The van der Waals surface area contributed by atoms with Gasteiger partial charge in [0.15, 0.2) is 0 Å². The van der Waals surface area contributed by atoms with Crippen LogP contribution in [0.25, 0.3) is 28.0 Å². The van der Waals surface area contributed by atoms with E-state index in [4.69, 9.17) is 0 Å². The second-order valence-electron chi connectivity index (χ2n) is 6.98. The average molecular weight is 388 g/mol. The predicted molar refractivity (Wildman–Crippen MR) is 112 cm³/mol. The zero-order valence-corrected chi connectivity index (χ0v) is 16.6. The van der Waals surface area contributed by atoms with Gasteiger partial charge in [0.2, 0.25) is 5.95 Å². The third-order valence-electron chi connectivity index (χ3n) is 5.11. The summed E-state index contributed by atoms with van der Waals surface area (Å²) in [6.07, 6.45) is 5.17. The van der Waals surface area contributed by atoms with Crippen molar-refractivity contribution in [3.8, 4) is 17.1 Å². The lowest BCUT2D eigenvalue weighted by Crippen LogP contribution is -2.26. The van der Waals surface area contributed by atoms with E-state index in [2.05, 4.69) is 9.97 Å². The maximum Gasteiger partial charge on any atom is 0.253 e. The van der Waals surface area contributed by atoms with Gasteiger partial charge in [-0.05, 0) is 37.6 Å². The maximum absolute atomic E-state index is 14.0.